The van der Waals surface area contributed by atoms with E-state index in [2.05, 4.69) is 0 Å². The maximum absolute atomic E-state index is 10.6. The monoisotopic (exact) mass is 332 g/mol. The third kappa shape index (κ3) is 3.24. The highest BCUT2D eigenvalue weighted by atomic mass is 35.5. The van der Waals surface area contributed by atoms with E-state index >= 15 is 0 Å². The summed E-state index contributed by atoms with van der Waals surface area (Å²) in [6.45, 7) is 0. The molecule has 0 atom stereocenters. The van der Waals surface area contributed by atoms with Crippen molar-refractivity contribution in [3.05, 3.63) is 56.0 Å². The maximum Gasteiger partial charge on any atom is 0.124 e. The van der Waals surface area contributed by atoms with E-state index in [1.54, 1.807) is 24.3 Å². The van der Waals surface area contributed by atoms with Gasteiger partial charge in [0.25, 0.3) is 0 Å². The minimum Gasteiger partial charge on any atom is -0.303 e. The predicted molar refractivity (Wildman–Crippen MR) is 81.7 cm³/mol. The van der Waals surface area contributed by atoms with Crippen molar-refractivity contribution in [2.45, 2.75) is 6.42 Å². The molecule has 0 saturated carbocycles. The summed E-state index contributed by atoms with van der Waals surface area (Å²) in [5.41, 5.74) is 2.20. The van der Waals surface area contributed by atoms with E-state index < -0.39 is 0 Å². The molecule has 2 rings (SSSR count). The largest absolute Gasteiger partial charge is 0.303 e. The number of halogens is 4. The molecular weight excluding hydrogens is 326 g/mol. The van der Waals surface area contributed by atoms with E-state index in [0.29, 0.717) is 37.6 Å². The molecule has 1 nitrogen and oxygen atoms in total. The lowest BCUT2D eigenvalue weighted by Gasteiger charge is -2.10. The van der Waals surface area contributed by atoms with Crippen LogP contribution in [0.25, 0.3) is 11.1 Å². The molecule has 0 fully saturated rings. The summed E-state index contributed by atoms with van der Waals surface area (Å²) in [6, 6.07) is 8.59. The van der Waals surface area contributed by atoms with Gasteiger partial charge >= 0.3 is 0 Å². The second-order valence-electron chi connectivity index (χ2n) is 3.93. The lowest BCUT2D eigenvalue weighted by atomic mass is 10.0. The van der Waals surface area contributed by atoms with Gasteiger partial charge in [-0.3, -0.25) is 0 Å². The Morgan fingerprint density at radius 3 is 2.32 bits per heavy atom. The first-order valence-electron chi connectivity index (χ1n) is 5.40. The Morgan fingerprint density at radius 1 is 0.895 bits per heavy atom. The van der Waals surface area contributed by atoms with Gasteiger partial charge in [-0.15, -0.1) is 0 Å². The van der Waals surface area contributed by atoms with E-state index in [1.807, 2.05) is 6.07 Å². The quantitative estimate of drug-likeness (QED) is 0.519. The summed E-state index contributed by atoms with van der Waals surface area (Å²) in [4.78, 5) is 10.6. The van der Waals surface area contributed by atoms with Crippen molar-refractivity contribution in [3.63, 3.8) is 0 Å². The van der Waals surface area contributed by atoms with Gasteiger partial charge in [0.15, 0.2) is 0 Å². The Balaban J connectivity index is 2.64. The van der Waals surface area contributed by atoms with Crippen LogP contribution in [0.3, 0.4) is 0 Å². The molecule has 98 valence electrons. The maximum atomic E-state index is 10.6. The molecule has 0 unspecified atom stereocenters. The van der Waals surface area contributed by atoms with Crippen molar-refractivity contribution in [1.82, 2.24) is 0 Å². The molecule has 0 aliphatic rings. The molecule has 5 heteroatoms. The average Bonchev–Trinajstić information content (AvgIpc) is 2.36. The third-order valence-electron chi connectivity index (χ3n) is 2.63. The molecule has 0 aliphatic carbocycles. The number of benzene rings is 2. The molecule has 19 heavy (non-hydrogen) atoms. The lowest BCUT2D eigenvalue weighted by molar-refractivity contribution is -0.107. The molecule has 0 bridgehead atoms. The van der Waals surface area contributed by atoms with Crippen molar-refractivity contribution < 1.29 is 4.79 Å². The number of aldehydes is 1. The first-order chi connectivity index (χ1) is 9.02. The average molecular weight is 334 g/mol. The van der Waals surface area contributed by atoms with E-state index in [0.717, 1.165) is 11.8 Å². The standard InChI is InChI=1S/C14H8Cl4O/c15-9-6-11(14(18)13(17)7-9)10-5-8(3-4-19)1-2-12(10)16/h1-2,4-7H,3H2. The summed E-state index contributed by atoms with van der Waals surface area (Å²) in [6.07, 6.45) is 1.15. The van der Waals surface area contributed by atoms with E-state index in [-0.39, 0.29) is 0 Å². The Labute approximate surface area is 131 Å². The van der Waals surface area contributed by atoms with E-state index in [4.69, 9.17) is 46.4 Å². The summed E-state index contributed by atoms with van der Waals surface area (Å²) in [7, 11) is 0. The van der Waals surface area contributed by atoms with Crippen LogP contribution in [0, 0.1) is 0 Å². The molecule has 0 radical (unpaired) electrons. The molecule has 0 spiro atoms. The molecule has 2 aromatic rings. The van der Waals surface area contributed by atoms with Crippen molar-refractivity contribution in [2.75, 3.05) is 0 Å². The predicted octanol–water partition coefficient (Wildman–Crippen LogP) is 5.71. The number of hydrogen-bond acceptors (Lipinski definition) is 1. The van der Waals surface area contributed by atoms with Crippen LogP contribution in [0.15, 0.2) is 30.3 Å². The highest BCUT2D eigenvalue weighted by molar-refractivity contribution is 6.45. The summed E-state index contributed by atoms with van der Waals surface area (Å²) >= 11 is 24.3. The van der Waals surface area contributed by atoms with Gasteiger partial charge in [-0.05, 0) is 29.8 Å². The topological polar surface area (TPSA) is 17.1 Å². The minimum atomic E-state index is 0.316. The SMILES string of the molecule is O=CCc1ccc(Cl)c(-c2cc(Cl)cc(Cl)c2Cl)c1. The van der Waals surface area contributed by atoms with Crippen molar-refractivity contribution in [3.8, 4) is 11.1 Å². The Bertz CT molecular complexity index is 638. The zero-order valence-corrected chi connectivity index (χ0v) is 12.6. The minimum absolute atomic E-state index is 0.316. The van der Waals surface area contributed by atoms with Gasteiger partial charge < -0.3 is 4.79 Å². The van der Waals surface area contributed by atoms with Crippen LogP contribution >= 0.6 is 46.4 Å². The summed E-state index contributed by atoms with van der Waals surface area (Å²) in [5, 5.41) is 1.74. The fraction of sp³-hybridized carbons (Fsp3) is 0.0714. The highest BCUT2D eigenvalue weighted by Crippen LogP contribution is 2.39. The molecule has 0 saturated heterocycles. The van der Waals surface area contributed by atoms with Gasteiger partial charge in [-0.25, -0.2) is 0 Å². The van der Waals surface area contributed by atoms with Crippen molar-refractivity contribution in [2.24, 2.45) is 0 Å². The third-order valence-corrected chi connectivity index (χ3v) is 3.98. The normalized spacial score (nSPS) is 10.5. The van der Waals surface area contributed by atoms with Crippen LogP contribution in [-0.4, -0.2) is 6.29 Å². The molecule has 2 aromatic carbocycles. The number of carbonyl (C=O) groups excluding carboxylic acids is 1. The highest BCUT2D eigenvalue weighted by Gasteiger charge is 2.12. The van der Waals surface area contributed by atoms with Gasteiger partial charge in [0.1, 0.15) is 6.29 Å². The van der Waals surface area contributed by atoms with Gasteiger partial charge in [-0.1, -0.05) is 52.5 Å². The Kier molecular flexibility index (Phi) is 4.75. The molecule has 0 aliphatic heterocycles. The van der Waals surface area contributed by atoms with Crippen molar-refractivity contribution in [1.29, 1.82) is 0 Å². The van der Waals surface area contributed by atoms with Crippen LogP contribution in [0.5, 0.6) is 0 Å². The van der Waals surface area contributed by atoms with Crippen molar-refractivity contribution >= 4 is 52.7 Å². The van der Waals surface area contributed by atoms with Crippen LogP contribution in [0.1, 0.15) is 5.56 Å². The first-order valence-corrected chi connectivity index (χ1v) is 6.91. The number of carbonyl (C=O) groups is 1. The molecular formula is C14H8Cl4O. The molecule has 0 heterocycles. The Hall–Kier alpha value is -0.730. The first kappa shape index (κ1) is 14.7. The Morgan fingerprint density at radius 2 is 1.63 bits per heavy atom. The lowest BCUT2D eigenvalue weighted by Crippen LogP contribution is -1.89. The number of hydrogen-bond donors (Lipinski definition) is 0. The fourth-order valence-corrected chi connectivity index (χ4v) is 2.68. The smallest absolute Gasteiger partial charge is 0.124 e. The van der Waals surface area contributed by atoms with Crippen LogP contribution in [0.2, 0.25) is 20.1 Å². The van der Waals surface area contributed by atoms with Gasteiger partial charge in [0.2, 0.25) is 0 Å². The van der Waals surface area contributed by atoms with Crippen LogP contribution in [0.4, 0.5) is 0 Å². The second-order valence-corrected chi connectivity index (χ2v) is 5.56. The summed E-state index contributed by atoms with van der Waals surface area (Å²) < 4.78 is 0. The number of rotatable bonds is 3. The molecule has 0 N–H and O–H groups in total. The van der Waals surface area contributed by atoms with E-state index in [1.165, 1.54) is 0 Å². The van der Waals surface area contributed by atoms with Gasteiger partial charge in [0.05, 0.1) is 10.0 Å². The zero-order valence-electron chi connectivity index (χ0n) is 9.59. The second kappa shape index (κ2) is 6.15. The van der Waals surface area contributed by atoms with Crippen LogP contribution in [-0.2, 0) is 11.2 Å². The van der Waals surface area contributed by atoms with Crippen LogP contribution < -0.4 is 0 Å². The summed E-state index contributed by atoms with van der Waals surface area (Å²) in [5.74, 6) is 0. The van der Waals surface area contributed by atoms with E-state index in [9.17, 15) is 4.79 Å². The molecule has 0 aromatic heterocycles. The fourth-order valence-electron chi connectivity index (χ4n) is 1.75. The van der Waals surface area contributed by atoms with Gasteiger partial charge in [0, 0.05) is 27.6 Å². The molecule has 0 amide bonds. The van der Waals surface area contributed by atoms with Gasteiger partial charge in [-0.2, -0.15) is 0 Å². The zero-order chi connectivity index (χ0) is 14.0.